The Morgan fingerprint density at radius 3 is 3.06 bits per heavy atom. The van der Waals surface area contributed by atoms with Crippen LogP contribution in [0, 0.1) is 11.8 Å². The van der Waals surface area contributed by atoms with Crippen molar-refractivity contribution in [3.05, 3.63) is 12.2 Å². The molecule has 0 radical (unpaired) electrons. The van der Waals surface area contributed by atoms with Gasteiger partial charge < -0.3 is 15.2 Å². The first-order valence-electron chi connectivity index (χ1n) is 6.07. The number of aryl methyl sites for hydroxylation is 1. The Bertz CT molecular complexity index is 385. The third-order valence-electron chi connectivity index (χ3n) is 3.39. The summed E-state index contributed by atoms with van der Waals surface area (Å²) in [5.74, 6) is 1.44. The molecular formula is C11H19N5O. The van der Waals surface area contributed by atoms with Crippen molar-refractivity contribution in [2.24, 2.45) is 11.8 Å². The number of rotatable bonds is 5. The minimum Gasteiger partial charge on any atom is -0.349 e. The molecule has 6 nitrogen and oxygen atoms in total. The van der Waals surface area contributed by atoms with Crippen molar-refractivity contribution in [1.29, 1.82) is 0 Å². The second kappa shape index (κ2) is 5.27. The van der Waals surface area contributed by atoms with Gasteiger partial charge in [-0.2, -0.15) is 0 Å². The predicted octanol–water partition coefficient (Wildman–Crippen LogP) is -0.230. The molecule has 1 aliphatic heterocycles. The van der Waals surface area contributed by atoms with Crippen LogP contribution in [0.2, 0.25) is 0 Å². The number of hydrogen-bond acceptors (Lipinski definition) is 4. The molecule has 1 aliphatic rings. The van der Waals surface area contributed by atoms with E-state index in [0.29, 0.717) is 12.5 Å². The lowest BCUT2D eigenvalue weighted by Crippen LogP contribution is -2.49. The zero-order valence-corrected chi connectivity index (χ0v) is 10.3. The van der Waals surface area contributed by atoms with Gasteiger partial charge in [0.15, 0.2) is 5.82 Å². The van der Waals surface area contributed by atoms with E-state index in [4.69, 9.17) is 0 Å². The first-order valence-corrected chi connectivity index (χ1v) is 6.07. The van der Waals surface area contributed by atoms with Gasteiger partial charge in [0.25, 0.3) is 0 Å². The van der Waals surface area contributed by atoms with Gasteiger partial charge >= 0.3 is 0 Å². The van der Waals surface area contributed by atoms with E-state index in [9.17, 15) is 4.79 Å². The van der Waals surface area contributed by atoms with Crippen LogP contribution in [0.15, 0.2) is 6.33 Å². The van der Waals surface area contributed by atoms with E-state index in [1.54, 1.807) is 6.33 Å². The second-order valence-electron chi connectivity index (χ2n) is 4.46. The molecule has 2 rings (SSSR count). The van der Waals surface area contributed by atoms with Crippen molar-refractivity contribution >= 4 is 5.91 Å². The molecule has 17 heavy (non-hydrogen) atoms. The lowest BCUT2D eigenvalue weighted by atomic mass is 9.88. The maximum Gasteiger partial charge on any atom is 0.223 e. The molecule has 0 spiro atoms. The fraction of sp³-hybridized carbons (Fsp3) is 0.727. The smallest absolute Gasteiger partial charge is 0.223 e. The van der Waals surface area contributed by atoms with Gasteiger partial charge in [-0.3, -0.25) is 4.79 Å². The molecular weight excluding hydrogens is 218 g/mol. The fourth-order valence-corrected chi connectivity index (χ4v) is 1.89. The molecule has 1 aromatic rings. The monoisotopic (exact) mass is 237 g/mol. The minimum atomic E-state index is 0.0641. The molecule has 1 amide bonds. The van der Waals surface area contributed by atoms with E-state index in [-0.39, 0.29) is 11.8 Å². The van der Waals surface area contributed by atoms with Crippen molar-refractivity contribution in [3.8, 4) is 0 Å². The van der Waals surface area contributed by atoms with E-state index in [1.807, 2.05) is 18.4 Å². The summed E-state index contributed by atoms with van der Waals surface area (Å²) in [6.07, 6.45) is 1.68. The maximum absolute atomic E-state index is 11.9. The molecule has 6 heteroatoms. The number of hydrogen-bond donors (Lipinski definition) is 2. The van der Waals surface area contributed by atoms with Gasteiger partial charge in [0.05, 0.1) is 6.54 Å². The number of nitrogens with zero attached hydrogens (tertiary/aromatic N) is 3. The molecule has 1 atom stereocenters. The lowest BCUT2D eigenvalue weighted by Gasteiger charge is -2.31. The van der Waals surface area contributed by atoms with E-state index < -0.39 is 0 Å². The van der Waals surface area contributed by atoms with Gasteiger partial charge in [-0.05, 0) is 25.9 Å². The maximum atomic E-state index is 11.9. The molecule has 94 valence electrons. The number of carbonyl (C=O) groups is 1. The van der Waals surface area contributed by atoms with Crippen LogP contribution >= 0.6 is 0 Å². The van der Waals surface area contributed by atoms with E-state index in [2.05, 4.69) is 20.8 Å². The Labute approximate surface area is 101 Å². The van der Waals surface area contributed by atoms with Crippen molar-refractivity contribution < 1.29 is 4.79 Å². The Balaban J connectivity index is 1.83. The normalized spacial score (nSPS) is 17.5. The van der Waals surface area contributed by atoms with Gasteiger partial charge in [-0.25, -0.2) is 0 Å². The van der Waals surface area contributed by atoms with Crippen LogP contribution in [0.1, 0.15) is 19.7 Å². The number of nitrogens with one attached hydrogen (secondary N) is 2. The largest absolute Gasteiger partial charge is 0.349 e. The summed E-state index contributed by atoms with van der Waals surface area (Å²) >= 11 is 0. The zero-order valence-electron chi connectivity index (χ0n) is 10.3. The average Bonchev–Trinajstić information content (AvgIpc) is 2.70. The van der Waals surface area contributed by atoms with E-state index in [1.165, 1.54) is 0 Å². The summed E-state index contributed by atoms with van der Waals surface area (Å²) in [6.45, 7) is 7.17. The molecule has 2 heterocycles. The third-order valence-corrected chi connectivity index (χ3v) is 3.39. The van der Waals surface area contributed by atoms with Gasteiger partial charge in [-0.1, -0.05) is 6.92 Å². The summed E-state index contributed by atoms with van der Waals surface area (Å²) < 4.78 is 1.93. The summed E-state index contributed by atoms with van der Waals surface area (Å²) in [6, 6.07) is 0. The molecule has 0 saturated carbocycles. The van der Waals surface area contributed by atoms with Crippen LogP contribution in [0.25, 0.3) is 0 Å². The van der Waals surface area contributed by atoms with Crippen LogP contribution in [0.4, 0.5) is 0 Å². The summed E-state index contributed by atoms with van der Waals surface area (Å²) in [4.78, 5) is 11.9. The van der Waals surface area contributed by atoms with Crippen LogP contribution < -0.4 is 10.6 Å². The standard InChI is InChI=1S/C11H19N5O/c1-3-16-7-14-15-10(16)6-13-11(17)8(2)9-4-12-5-9/h7-9,12H,3-6H2,1-2H3,(H,13,17). The van der Waals surface area contributed by atoms with Gasteiger partial charge in [0.1, 0.15) is 6.33 Å². The SMILES string of the molecule is CCn1cnnc1CNC(=O)C(C)C1CNC1. The highest BCUT2D eigenvalue weighted by Gasteiger charge is 2.28. The Morgan fingerprint density at radius 1 is 1.71 bits per heavy atom. The Hall–Kier alpha value is -1.43. The number of amides is 1. The van der Waals surface area contributed by atoms with Crippen molar-refractivity contribution in [1.82, 2.24) is 25.4 Å². The van der Waals surface area contributed by atoms with Crippen LogP contribution in [-0.4, -0.2) is 33.8 Å². The summed E-state index contributed by atoms with van der Waals surface area (Å²) in [5.41, 5.74) is 0. The zero-order chi connectivity index (χ0) is 12.3. The fourth-order valence-electron chi connectivity index (χ4n) is 1.89. The molecule has 1 aromatic heterocycles. The molecule has 0 aromatic carbocycles. The quantitative estimate of drug-likeness (QED) is 0.742. The third kappa shape index (κ3) is 2.63. The molecule has 2 N–H and O–H groups in total. The highest BCUT2D eigenvalue weighted by atomic mass is 16.1. The molecule has 1 saturated heterocycles. The lowest BCUT2D eigenvalue weighted by molar-refractivity contribution is -0.126. The number of carbonyl (C=O) groups excluding carboxylic acids is 1. The Morgan fingerprint density at radius 2 is 2.47 bits per heavy atom. The van der Waals surface area contributed by atoms with Crippen LogP contribution in [0.3, 0.4) is 0 Å². The van der Waals surface area contributed by atoms with Gasteiger partial charge in [0.2, 0.25) is 5.91 Å². The molecule has 1 unspecified atom stereocenters. The van der Waals surface area contributed by atoms with Gasteiger partial charge in [-0.15, -0.1) is 10.2 Å². The van der Waals surface area contributed by atoms with Gasteiger partial charge in [0, 0.05) is 12.5 Å². The first kappa shape index (κ1) is 12.0. The van der Waals surface area contributed by atoms with Crippen molar-refractivity contribution in [3.63, 3.8) is 0 Å². The second-order valence-corrected chi connectivity index (χ2v) is 4.46. The predicted molar refractivity (Wildman–Crippen MR) is 63.1 cm³/mol. The van der Waals surface area contributed by atoms with Crippen molar-refractivity contribution in [2.75, 3.05) is 13.1 Å². The minimum absolute atomic E-state index is 0.0641. The highest BCUT2D eigenvalue weighted by molar-refractivity contribution is 5.78. The van der Waals surface area contributed by atoms with E-state index >= 15 is 0 Å². The average molecular weight is 237 g/mol. The summed E-state index contributed by atoms with van der Waals surface area (Å²) in [5, 5.41) is 13.9. The van der Waals surface area contributed by atoms with Crippen LogP contribution in [-0.2, 0) is 17.9 Å². The number of aromatic nitrogens is 3. The topological polar surface area (TPSA) is 71.8 Å². The molecule has 0 aliphatic carbocycles. The first-order chi connectivity index (χ1) is 8.22. The van der Waals surface area contributed by atoms with E-state index in [0.717, 1.165) is 25.5 Å². The van der Waals surface area contributed by atoms with Crippen LogP contribution in [0.5, 0.6) is 0 Å². The Kier molecular flexibility index (Phi) is 3.73. The molecule has 1 fully saturated rings. The van der Waals surface area contributed by atoms with Crippen molar-refractivity contribution in [2.45, 2.75) is 26.9 Å². The highest BCUT2D eigenvalue weighted by Crippen LogP contribution is 2.15. The summed E-state index contributed by atoms with van der Waals surface area (Å²) in [7, 11) is 0. The molecule has 0 bridgehead atoms.